The van der Waals surface area contributed by atoms with E-state index >= 15 is 0 Å². The SMILES string of the molecule is Cl.NCCCC[C@@H](NC(=O)OCc1ccccc1)C(=O)SCc1ccccc1. The molecule has 3 N–H and O–H groups in total. The van der Waals surface area contributed by atoms with Gasteiger partial charge in [-0.1, -0.05) is 72.4 Å². The number of rotatable bonds is 10. The van der Waals surface area contributed by atoms with Crippen LogP contribution in [-0.2, 0) is 21.9 Å². The second-order valence-corrected chi connectivity index (χ2v) is 7.12. The Hall–Kier alpha value is -2.02. The van der Waals surface area contributed by atoms with Crippen molar-refractivity contribution in [1.29, 1.82) is 0 Å². The van der Waals surface area contributed by atoms with Gasteiger partial charge < -0.3 is 15.8 Å². The summed E-state index contributed by atoms with van der Waals surface area (Å²) in [5.74, 6) is 0.577. The maximum absolute atomic E-state index is 12.6. The summed E-state index contributed by atoms with van der Waals surface area (Å²) in [6.07, 6.45) is 1.56. The van der Waals surface area contributed by atoms with E-state index in [1.807, 2.05) is 60.7 Å². The lowest BCUT2D eigenvalue weighted by Gasteiger charge is -2.17. The zero-order valence-corrected chi connectivity index (χ0v) is 17.3. The molecule has 152 valence electrons. The predicted octanol–water partition coefficient (Wildman–Crippen LogP) is 4.29. The van der Waals surface area contributed by atoms with Crippen molar-refractivity contribution in [3.05, 3.63) is 71.8 Å². The molecule has 0 aromatic heterocycles. The number of carbonyl (C=O) groups is 2. The molecule has 0 aliphatic carbocycles. The summed E-state index contributed by atoms with van der Waals surface area (Å²) >= 11 is 1.21. The molecule has 0 heterocycles. The van der Waals surface area contributed by atoms with Crippen LogP contribution in [0.3, 0.4) is 0 Å². The van der Waals surface area contributed by atoms with Crippen molar-refractivity contribution in [1.82, 2.24) is 5.32 Å². The Labute approximate surface area is 176 Å². The van der Waals surface area contributed by atoms with Crippen LogP contribution < -0.4 is 11.1 Å². The van der Waals surface area contributed by atoms with Crippen LogP contribution in [0.1, 0.15) is 30.4 Å². The Balaban J connectivity index is 0.00000392. The lowest BCUT2D eigenvalue weighted by Crippen LogP contribution is -2.40. The van der Waals surface area contributed by atoms with Gasteiger partial charge in [0.05, 0.1) is 0 Å². The van der Waals surface area contributed by atoms with E-state index in [2.05, 4.69) is 5.32 Å². The first-order chi connectivity index (χ1) is 13.2. The average Bonchev–Trinajstić information content (AvgIpc) is 2.71. The van der Waals surface area contributed by atoms with Crippen molar-refractivity contribution in [3.63, 3.8) is 0 Å². The van der Waals surface area contributed by atoms with E-state index in [0.29, 0.717) is 18.7 Å². The number of ether oxygens (including phenoxy) is 1. The van der Waals surface area contributed by atoms with Crippen molar-refractivity contribution in [2.75, 3.05) is 6.54 Å². The third-order valence-electron chi connectivity index (χ3n) is 3.96. The molecule has 0 spiro atoms. The third kappa shape index (κ3) is 9.26. The second kappa shape index (κ2) is 14.0. The number of benzene rings is 2. The summed E-state index contributed by atoms with van der Waals surface area (Å²) < 4.78 is 5.24. The summed E-state index contributed by atoms with van der Waals surface area (Å²) in [7, 11) is 0. The number of thioether (sulfide) groups is 1. The number of hydrogen-bond donors (Lipinski definition) is 2. The number of halogens is 1. The minimum atomic E-state index is -0.578. The van der Waals surface area contributed by atoms with Gasteiger partial charge in [-0.3, -0.25) is 4.79 Å². The molecule has 0 unspecified atom stereocenters. The third-order valence-corrected chi connectivity index (χ3v) is 5.01. The molecule has 1 atom stereocenters. The van der Waals surface area contributed by atoms with Gasteiger partial charge in [0.2, 0.25) is 5.12 Å². The van der Waals surface area contributed by atoms with Gasteiger partial charge in [0, 0.05) is 5.75 Å². The van der Waals surface area contributed by atoms with Gasteiger partial charge in [-0.25, -0.2) is 4.79 Å². The minimum absolute atomic E-state index is 0. The summed E-state index contributed by atoms with van der Waals surface area (Å²) in [4.78, 5) is 24.7. The number of amides is 1. The van der Waals surface area contributed by atoms with Crippen LogP contribution in [0.5, 0.6) is 0 Å². The quantitative estimate of drug-likeness (QED) is 0.558. The molecule has 0 fully saturated rings. The van der Waals surface area contributed by atoms with Crippen LogP contribution in [0.4, 0.5) is 4.79 Å². The molecular formula is C21H27ClN2O3S. The lowest BCUT2D eigenvalue weighted by molar-refractivity contribution is -0.112. The van der Waals surface area contributed by atoms with Gasteiger partial charge in [0.15, 0.2) is 0 Å². The highest BCUT2D eigenvalue weighted by molar-refractivity contribution is 8.13. The van der Waals surface area contributed by atoms with Crippen LogP contribution in [0, 0.1) is 0 Å². The Morgan fingerprint density at radius 3 is 2.18 bits per heavy atom. The van der Waals surface area contributed by atoms with E-state index in [0.717, 1.165) is 24.0 Å². The number of hydrogen-bond acceptors (Lipinski definition) is 5. The molecule has 0 saturated heterocycles. The monoisotopic (exact) mass is 422 g/mol. The zero-order chi connectivity index (χ0) is 19.3. The molecule has 0 saturated carbocycles. The summed E-state index contributed by atoms with van der Waals surface area (Å²) in [6, 6.07) is 18.6. The number of carbonyl (C=O) groups excluding carboxylic acids is 2. The molecule has 28 heavy (non-hydrogen) atoms. The van der Waals surface area contributed by atoms with E-state index in [-0.39, 0.29) is 24.1 Å². The van der Waals surface area contributed by atoms with E-state index in [1.165, 1.54) is 11.8 Å². The molecule has 1 amide bonds. The first kappa shape index (κ1) is 24.0. The van der Waals surface area contributed by atoms with E-state index in [1.54, 1.807) is 0 Å². The first-order valence-corrected chi connectivity index (χ1v) is 10.1. The predicted molar refractivity (Wildman–Crippen MR) is 116 cm³/mol. The summed E-state index contributed by atoms with van der Waals surface area (Å²) in [5.41, 5.74) is 7.51. The lowest BCUT2D eigenvalue weighted by atomic mass is 10.1. The molecule has 0 aliphatic heterocycles. The maximum atomic E-state index is 12.6. The molecule has 5 nitrogen and oxygen atoms in total. The van der Waals surface area contributed by atoms with Gasteiger partial charge in [0.25, 0.3) is 0 Å². The van der Waals surface area contributed by atoms with Gasteiger partial charge in [-0.05, 0) is 36.9 Å². The zero-order valence-electron chi connectivity index (χ0n) is 15.7. The van der Waals surface area contributed by atoms with Gasteiger partial charge in [-0.15, -0.1) is 12.4 Å². The molecule has 7 heteroatoms. The molecular weight excluding hydrogens is 396 g/mol. The van der Waals surface area contributed by atoms with E-state index in [9.17, 15) is 9.59 Å². The van der Waals surface area contributed by atoms with Crippen molar-refractivity contribution < 1.29 is 14.3 Å². The van der Waals surface area contributed by atoms with Crippen LogP contribution in [0.15, 0.2) is 60.7 Å². The van der Waals surface area contributed by atoms with Crippen molar-refractivity contribution in [2.24, 2.45) is 5.73 Å². The molecule has 0 radical (unpaired) electrons. The van der Waals surface area contributed by atoms with Gasteiger partial charge >= 0.3 is 6.09 Å². The second-order valence-electron chi connectivity index (χ2n) is 6.14. The fraction of sp³-hybridized carbons (Fsp3) is 0.333. The average molecular weight is 423 g/mol. The Bertz CT molecular complexity index is 701. The van der Waals surface area contributed by atoms with Crippen LogP contribution in [0.2, 0.25) is 0 Å². The Morgan fingerprint density at radius 2 is 1.57 bits per heavy atom. The fourth-order valence-corrected chi connectivity index (χ4v) is 3.36. The molecule has 2 aromatic carbocycles. The summed E-state index contributed by atoms with van der Waals surface area (Å²) in [5, 5.41) is 2.65. The number of alkyl carbamates (subject to hydrolysis) is 1. The van der Waals surface area contributed by atoms with Crippen LogP contribution in [-0.4, -0.2) is 23.8 Å². The van der Waals surface area contributed by atoms with E-state index < -0.39 is 12.1 Å². The Kier molecular flexibility index (Phi) is 12.0. The highest BCUT2D eigenvalue weighted by Gasteiger charge is 2.21. The minimum Gasteiger partial charge on any atom is -0.445 e. The highest BCUT2D eigenvalue weighted by Crippen LogP contribution is 2.17. The van der Waals surface area contributed by atoms with Crippen molar-refractivity contribution >= 4 is 35.4 Å². The van der Waals surface area contributed by atoms with Crippen molar-refractivity contribution in [3.8, 4) is 0 Å². The normalized spacial score (nSPS) is 11.2. The van der Waals surface area contributed by atoms with Gasteiger partial charge in [0.1, 0.15) is 12.6 Å². The standard InChI is InChI=1S/C21H26N2O3S.ClH/c22-14-8-7-13-19(20(24)27-16-18-11-5-2-6-12-18)23-21(25)26-15-17-9-3-1-4-10-17;/h1-6,9-12,19H,7-8,13-16,22H2,(H,23,25);1H/t19-;/m1./s1. The number of unbranched alkanes of at least 4 members (excludes halogenated alkanes) is 1. The molecule has 0 bridgehead atoms. The van der Waals surface area contributed by atoms with Crippen LogP contribution in [0.25, 0.3) is 0 Å². The fourth-order valence-electron chi connectivity index (χ4n) is 2.48. The van der Waals surface area contributed by atoms with Gasteiger partial charge in [-0.2, -0.15) is 0 Å². The first-order valence-electron chi connectivity index (χ1n) is 9.07. The largest absolute Gasteiger partial charge is 0.445 e. The van der Waals surface area contributed by atoms with Crippen LogP contribution >= 0.6 is 24.2 Å². The Morgan fingerprint density at radius 1 is 0.964 bits per heavy atom. The summed E-state index contributed by atoms with van der Waals surface area (Å²) in [6.45, 7) is 0.740. The topological polar surface area (TPSA) is 81.4 Å². The smallest absolute Gasteiger partial charge is 0.408 e. The maximum Gasteiger partial charge on any atom is 0.408 e. The van der Waals surface area contributed by atoms with E-state index in [4.69, 9.17) is 10.5 Å². The number of nitrogens with one attached hydrogen (secondary N) is 1. The van der Waals surface area contributed by atoms with Crippen molar-refractivity contribution in [2.45, 2.75) is 37.7 Å². The molecule has 2 rings (SSSR count). The number of nitrogens with two attached hydrogens (primary N) is 1. The molecule has 2 aromatic rings. The highest BCUT2D eigenvalue weighted by atomic mass is 35.5. The molecule has 0 aliphatic rings.